The van der Waals surface area contributed by atoms with Crippen LogP contribution in [0, 0.1) is 5.41 Å². The van der Waals surface area contributed by atoms with E-state index in [0.29, 0.717) is 17.6 Å². The van der Waals surface area contributed by atoms with E-state index in [1.54, 1.807) is 0 Å². The Hall–Kier alpha value is 0.250. The number of halogens is 1. The van der Waals surface area contributed by atoms with Crippen LogP contribution in [0.5, 0.6) is 0 Å². The van der Waals surface area contributed by atoms with Crippen LogP contribution in [0.3, 0.4) is 0 Å². The highest BCUT2D eigenvalue weighted by atomic mass is 35.5. The van der Waals surface area contributed by atoms with Gasteiger partial charge in [-0.1, -0.05) is 0 Å². The Kier molecular flexibility index (Phi) is 2.35. The van der Waals surface area contributed by atoms with Gasteiger partial charge in [-0.05, 0) is 44.4 Å². The fraction of sp³-hybridized carbons (Fsp3) is 1.00. The molecule has 2 rings (SSSR count). The third kappa shape index (κ3) is 1.77. The number of hydrogen-bond donors (Lipinski definition) is 0. The molecule has 70 valence electrons. The molecule has 0 aromatic heterocycles. The van der Waals surface area contributed by atoms with Gasteiger partial charge in [-0.25, -0.2) is 0 Å². The summed E-state index contributed by atoms with van der Waals surface area (Å²) in [4.78, 5) is 0. The molecule has 0 bridgehead atoms. The molecule has 1 aliphatic carbocycles. The van der Waals surface area contributed by atoms with Gasteiger partial charge < -0.3 is 4.74 Å². The molecule has 0 spiro atoms. The molecule has 12 heavy (non-hydrogen) atoms. The van der Waals surface area contributed by atoms with Crippen LogP contribution in [0.4, 0.5) is 0 Å². The highest BCUT2D eigenvalue weighted by molar-refractivity contribution is 6.18. The van der Waals surface area contributed by atoms with Crippen molar-refractivity contribution in [2.45, 2.75) is 51.2 Å². The molecule has 0 N–H and O–H groups in total. The SMILES string of the molecule is CC1CCC(CC2(CCl)CC2)O1. The fourth-order valence-corrected chi connectivity index (χ4v) is 2.46. The van der Waals surface area contributed by atoms with E-state index in [9.17, 15) is 0 Å². The molecule has 2 unspecified atom stereocenters. The summed E-state index contributed by atoms with van der Waals surface area (Å²) < 4.78 is 5.78. The summed E-state index contributed by atoms with van der Waals surface area (Å²) in [5.41, 5.74) is 0.482. The number of alkyl halides is 1. The summed E-state index contributed by atoms with van der Waals surface area (Å²) in [6, 6.07) is 0. The van der Waals surface area contributed by atoms with Gasteiger partial charge in [-0.2, -0.15) is 0 Å². The smallest absolute Gasteiger partial charge is 0.0585 e. The first-order valence-electron chi connectivity index (χ1n) is 4.95. The Balaban J connectivity index is 1.80. The molecule has 1 aliphatic heterocycles. The lowest BCUT2D eigenvalue weighted by atomic mass is 9.99. The van der Waals surface area contributed by atoms with Crippen LogP contribution in [-0.2, 0) is 4.74 Å². The van der Waals surface area contributed by atoms with Crippen LogP contribution in [0.2, 0.25) is 0 Å². The lowest BCUT2D eigenvalue weighted by molar-refractivity contribution is 0.0401. The molecule has 0 radical (unpaired) electrons. The summed E-state index contributed by atoms with van der Waals surface area (Å²) in [6.07, 6.45) is 7.35. The monoisotopic (exact) mass is 188 g/mol. The summed E-state index contributed by atoms with van der Waals surface area (Å²) in [7, 11) is 0. The van der Waals surface area contributed by atoms with E-state index < -0.39 is 0 Å². The zero-order chi connectivity index (χ0) is 8.60. The van der Waals surface area contributed by atoms with Crippen molar-refractivity contribution in [3.8, 4) is 0 Å². The van der Waals surface area contributed by atoms with E-state index in [-0.39, 0.29) is 0 Å². The third-order valence-electron chi connectivity index (χ3n) is 3.22. The molecule has 2 aliphatic rings. The van der Waals surface area contributed by atoms with Gasteiger partial charge in [0.15, 0.2) is 0 Å². The number of hydrogen-bond acceptors (Lipinski definition) is 1. The van der Waals surface area contributed by atoms with Crippen LogP contribution >= 0.6 is 11.6 Å². The first kappa shape index (κ1) is 8.83. The Morgan fingerprint density at radius 2 is 2.17 bits per heavy atom. The summed E-state index contributed by atoms with van der Waals surface area (Å²) >= 11 is 5.91. The van der Waals surface area contributed by atoms with Gasteiger partial charge in [-0.3, -0.25) is 0 Å². The second-order valence-corrected chi connectivity index (χ2v) is 4.75. The van der Waals surface area contributed by atoms with Gasteiger partial charge >= 0.3 is 0 Å². The van der Waals surface area contributed by atoms with Crippen LogP contribution in [0.15, 0.2) is 0 Å². The maximum Gasteiger partial charge on any atom is 0.0585 e. The van der Waals surface area contributed by atoms with Crippen molar-refractivity contribution in [3.63, 3.8) is 0 Å². The molecular weight excluding hydrogens is 172 g/mol. The molecule has 2 atom stereocenters. The van der Waals surface area contributed by atoms with Crippen molar-refractivity contribution in [1.29, 1.82) is 0 Å². The van der Waals surface area contributed by atoms with Gasteiger partial charge in [-0.15, -0.1) is 11.6 Å². The molecule has 1 saturated heterocycles. The maximum atomic E-state index is 5.91. The highest BCUT2D eigenvalue weighted by Crippen LogP contribution is 2.51. The maximum absolute atomic E-state index is 5.91. The topological polar surface area (TPSA) is 9.23 Å². The van der Waals surface area contributed by atoms with Crippen molar-refractivity contribution >= 4 is 11.6 Å². The average Bonchev–Trinajstić information content (AvgIpc) is 2.71. The van der Waals surface area contributed by atoms with E-state index >= 15 is 0 Å². The second kappa shape index (κ2) is 3.19. The first-order valence-corrected chi connectivity index (χ1v) is 5.49. The summed E-state index contributed by atoms with van der Waals surface area (Å²) in [5, 5.41) is 0. The van der Waals surface area contributed by atoms with Crippen molar-refractivity contribution in [2.24, 2.45) is 5.41 Å². The predicted octanol–water partition coefficient (Wildman–Crippen LogP) is 2.96. The van der Waals surface area contributed by atoms with Crippen molar-refractivity contribution < 1.29 is 4.74 Å². The molecular formula is C10H17ClO. The van der Waals surface area contributed by atoms with Crippen LogP contribution < -0.4 is 0 Å². The third-order valence-corrected chi connectivity index (χ3v) is 3.79. The molecule has 1 saturated carbocycles. The van der Waals surface area contributed by atoms with E-state index in [0.717, 1.165) is 5.88 Å². The normalized spacial score (nSPS) is 38.5. The minimum atomic E-state index is 0.482. The minimum absolute atomic E-state index is 0.482. The van der Waals surface area contributed by atoms with Gasteiger partial charge in [0, 0.05) is 5.88 Å². The Bertz CT molecular complexity index is 165. The van der Waals surface area contributed by atoms with Crippen molar-refractivity contribution in [2.75, 3.05) is 5.88 Å². The van der Waals surface area contributed by atoms with E-state index in [4.69, 9.17) is 16.3 Å². The van der Waals surface area contributed by atoms with E-state index in [2.05, 4.69) is 6.92 Å². The molecule has 2 heteroatoms. The molecule has 0 aromatic rings. The van der Waals surface area contributed by atoms with Gasteiger partial charge in [0.25, 0.3) is 0 Å². The largest absolute Gasteiger partial charge is 0.375 e. The summed E-state index contributed by atoms with van der Waals surface area (Å²) in [5.74, 6) is 0.835. The number of rotatable bonds is 3. The first-order chi connectivity index (χ1) is 5.74. The number of ether oxygens (including phenoxy) is 1. The highest BCUT2D eigenvalue weighted by Gasteiger charge is 2.44. The lowest BCUT2D eigenvalue weighted by Crippen LogP contribution is -2.16. The zero-order valence-electron chi connectivity index (χ0n) is 7.68. The van der Waals surface area contributed by atoms with Gasteiger partial charge in [0.2, 0.25) is 0 Å². The minimum Gasteiger partial charge on any atom is -0.375 e. The standard InChI is InChI=1S/C10H17ClO/c1-8-2-3-9(12-8)6-10(7-11)4-5-10/h8-9H,2-7H2,1H3. The summed E-state index contributed by atoms with van der Waals surface area (Å²) in [6.45, 7) is 2.17. The molecule has 2 fully saturated rings. The predicted molar refractivity (Wildman–Crippen MR) is 50.6 cm³/mol. The zero-order valence-corrected chi connectivity index (χ0v) is 8.44. The van der Waals surface area contributed by atoms with Crippen LogP contribution in [0.1, 0.15) is 39.0 Å². The average molecular weight is 189 g/mol. The quantitative estimate of drug-likeness (QED) is 0.619. The van der Waals surface area contributed by atoms with Gasteiger partial charge in [0.05, 0.1) is 12.2 Å². The Morgan fingerprint density at radius 3 is 2.58 bits per heavy atom. The van der Waals surface area contributed by atoms with E-state index in [1.807, 2.05) is 0 Å². The van der Waals surface area contributed by atoms with Crippen molar-refractivity contribution in [3.05, 3.63) is 0 Å². The van der Waals surface area contributed by atoms with Crippen LogP contribution in [-0.4, -0.2) is 18.1 Å². The molecule has 0 amide bonds. The van der Waals surface area contributed by atoms with Crippen LogP contribution in [0.25, 0.3) is 0 Å². The molecule has 0 aromatic carbocycles. The second-order valence-electron chi connectivity index (χ2n) is 4.48. The molecule has 1 nitrogen and oxygen atoms in total. The fourth-order valence-electron chi connectivity index (χ4n) is 2.09. The lowest BCUT2D eigenvalue weighted by Gasteiger charge is -2.17. The Morgan fingerprint density at radius 1 is 1.42 bits per heavy atom. The van der Waals surface area contributed by atoms with Crippen molar-refractivity contribution in [1.82, 2.24) is 0 Å². The van der Waals surface area contributed by atoms with Gasteiger partial charge in [0.1, 0.15) is 0 Å². The Labute approximate surface area is 79.4 Å². The van der Waals surface area contributed by atoms with E-state index in [1.165, 1.54) is 32.1 Å². The molecule has 1 heterocycles.